The number of aliphatic hydroxyl groups excluding tert-OH is 1. The molecule has 1 aliphatic rings. The van der Waals surface area contributed by atoms with Crippen molar-refractivity contribution in [2.45, 2.75) is 19.1 Å². The first kappa shape index (κ1) is 23.3. The molecule has 1 atom stereocenters. The summed E-state index contributed by atoms with van der Waals surface area (Å²) in [4.78, 5) is 29.8. The topological polar surface area (TPSA) is 83.2 Å². The molecule has 1 amide bonds. The fourth-order valence-corrected chi connectivity index (χ4v) is 4.08. The summed E-state index contributed by atoms with van der Waals surface area (Å²) in [6, 6.07) is 19.5. The Morgan fingerprint density at radius 1 is 1.09 bits per heavy atom. The number of furan rings is 1. The molecule has 0 saturated heterocycles. The molecule has 0 fully saturated rings. The Hall–Kier alpha value is -3.84. The van der Waals surface area contributed by atoms with Gasteiger partial charge in [-0.05, 0) is 62.5 Å². The Morgan fingerprint density at radius 2 is 1.88 bits per heavy atom. The van der Waals surface area contributed by atoms with Crippen LogP contribution in [-0.4, -0.2) is 53.8 Å². The summed E-state index contributed by atoms with van der Waals surface area (Å²) in [5, 5.41) is 10.7. The van der Waals surface area contributed by atoms with Gasteiger partial charge in [-0.15, -0.1) is 0 Å². The Morgan fingerprint density at radius 3 is 2.59 bits per heavy atom. The first-order valence-corrected chi connectivity index (χ1v) is 11.2. The van der Waals surface area contributed by atoms with Gasteiger partial charge in [0.15, 0.2) is 11.5 Å². The highest BCUT2D eigenvalue weighted by Crippen LogP contribution is 2.40. The minimum Gasteiger partial charge on any atom is -0.503 e. The number of aliphatic hydroxyl groups is 1. The van der Waals surface area contributed by atoms with Crippen molar-refractivity contribution in [3.8, 4) is 5.75 Å². The Bertz CT molecular complexity index is 1170. The molecular formula is C27H28N2O5. The van der Waals surface area contributed by atoms with E-state index in [0.29, 0.717) is 30.9 Å². The molecule has 0 bridgehead atoms. The lowest BCUT2D eigenvalue weighted by Crippen LogP contribution is -2.33. The van der Waals surface area contributed by atoms with Crippen LogP contribution in [0.1, 0.15) is 34.1 Å². The van der Waals surface area contributed by atoms with Gasteiger partial charge in [-0.2, -0.15) is 0 Å². The van der Waals surface area contributed by atoms with Crippen LogP contribution in [0.2, 0.25) is 0 Å². The molecule has 1 unspecified atom stereocenters. The molecule has 176 valence electrons. The van der Waals surface area contributed by atoms with Gasteiger partial charge in [0.05, 0.1) is 17.9 Å². The maximum absolute atomic E-state index is 13.2. The number of amides is 1. The molecule has 2 aromatic carbocycles. The molecule has 1 aliphatic heterocycles. The highest BCUT2D eigenvalue weighted by molar-refractivity contribution is 6.15. The van der Waals surface area contributed by atoms with Crippen LogP contribution in [0.5, 0.6) is 5.75 Å². The van der Waals surface area contributed by atoms with Crippen molar-refractivity contribution in [3.05, 3.63) is 101 Å². The zero-order valence-corrected chi connectivity index (χ0v) is 19.3. The van der Waals surface area contributed by atoms with Crippen LogP contribution in [-0.2, 0) is 11.4 Å². The minimum atomic E-state index is -0.743. The van der Waals surface area contributed by atoms with E-state index in [0.717, 1.165) is 12.1 Å². The third kappa shape index (κ3) is 5.05. The fraction of sp³-hybridized carbons (Fsp3) is 0.259. The average molecular weight is 461 g/mol. The molecule has 2 heterocycles. The molecule has 0 aliphatic carbocycles. The summed E-state index contributed by atoms with van der Waals surface area (Å²) in [5.41, 5.74) is 1.73. The summed E-state index contributed by atoms with van der Waals surface area (Å²) in [5.74, 6) is -0.920. The third-order valence-electron chi connectivity index (χ3n) is 5.72. The SMILES string of the molecule is CN(C)CCCN1C(=O)C(O)=C(C(=O)c2ccco2)C1c1cccc(OCc2ccccc2)c1. The number of benzene rings is 2. The highest BCUT2D eigenvalue weighted by Gasteiger charge is 2.44. The number of Topliss-reactive ketones (excluding diaryl/α,β-unsaturated/α-hetero) is 1. The lowest BCUT2D eigenvalue weighted by molar-refractivity contribution is -0.129. The number of ketones is 1. The highest BCUT2D eigenvalue weighted by atomic mass is 16.5. The molecule has 3 aromatic rings. The van der Waals surface area contributed by atoms with E-state index in [2.05, 4.69) is 0 Å². The van der Waals surface area contributed by atoms with Crippen LogP contribution in [0.15, 0.2) is 88.7 Å². The van der Waals surface area contributed by atoms with Crippen molar-refractivity contribution in [2.24, 2.45) is 0 Å². The van der Waals surface area contributed by atoms with Crippen molar-refractivity contribution < 1.29 is 23.8 Å². The Labute approximate surface area is 198 Å². The molecule has 0 saturated carbocycles. The van der Waals surface area contributed by atoms with Crippen molar-refractivity contribution in [1.29, 1.82) is 0 Å². The van der Waals surface area contributed by atoms with Crippen LogP contribution in [0.25, 0.3) is 0 Å². The van der Waals surface area contributed by atoms with E-state index in [1.807, 2.05) is 73.6 Å². The molecule has 1 aromatic heterocycles. The number of hydrogen-bond acceptors (Lipinski definition) is 6. The summed E-state index contributed by atoms with van der Waals surface area (Å²) < 4.78 is 11.2. The van der Waals surface area contributed by atoms with E-state index >= 15 is 0 Å². The van der Waals surface area contributed by atoms with Crippen LogP contribution < -0.4 is 4.74 Å². The maximum Gasteiger partial charge on any atom is 0.290 e. The molecule has 4 rings (SSSR count). The maximum atomic E-state index is 13.2. The van der Waals surface area contributed by atoms with E-state index in [4.69, 9.17) is 9.15 Å². The smallest absolute Gasteiger partial charge is 0.290 e. The second kappa shape index (κ2) is 10.4. The number of carbonyl (C=O) groups is 2. The Balaban J connectivity index is 1.65. The predicted molar refractivity (Wildman–Crippen MR) is 128 cm³/mol. The molecule has 7 nitrogen and oxygen atoms in total. The van der Waals surface area contributed by atoms with Crippen LogP contribution >= 0.6 is 0 Å². The number of nitrogens with zero attached hydrogens (tertiary/aromatic N) is 2. The van der Waals surface area contributed by atoms with Gasteiger partial charge in [-0.1, -0.05) is 42.5 Å². The van der Waals surface area contributed by atoms with E-state index in [9.17, 15) is 14.7 Å². The summed E-state index contributed by atoms with van der Waals surface area (Å²) in [7, 11) is 3.91. The number of hydrogen-bond donors (Lipinski definition) is 1. The lowest BCUT2D eigenvalue weighted by atomic mass is 9.95. The monoisotopic (exact) mass is 460 g/mol. The zero-order valence-electron chi connectivity index (χ0n) is 19.3. The van der Waals surface area contributed by atoms with Crippen LogP contribution in [0.4, 0.5) is 0 Å². The molecular weight excluding hydrogens is 432 g/mol. The Kier molecular flexibility index (Phi) is 7.13. The van der Waals surface area contributed by atoms with Gasteiger partial charge in [0.25, 0.3) is 5.91 Å². The number of carbonyl (C=O) groups excluding carboxylic acids is 2. The molecule has 34 heavy (non-hydrogen) atoms. The van der Waals surface area contributed by atoms with Gasteiger partial charge in [-0.25, -0.2) is 0 Å². The second-order valence-corrected chi connectivity index (χ2v) is 8.47. The van der Waals surface area contributed by atoms with Gasteiger partial charge in [0.2, 0.25) is 5.78 Å². The third-order valence-corrected chi connectivity index (χ3v) is 5.72. The zero-order chi connectivity index (χ0) is 24.1. The van der Waals surface area contributed by atoms with Crippen LogP contribution in [0.3, 0.4) is 0 Å². The first-order chi connectivity index (χ1) is 16.5. The standard InChI is InChI=1S/C27H28N2O5/c1-28(2)14-8-15-29-24(23(26(31)27(29)32)25(30)22-13-7-16-33-22)20-11-6-12-21(17-20)34-18-19-9-4-3-5-10-19/h3-7,9-13,16-17,24,31H,8,14-15,18H2,1-2H3. The molecule has 7 heteroatoms. The van der Waals surface area contributed by atoms with E-state index in [1.165, 1.54) is 12.3 Å². The normalized spacial score (nSPS) is 15.9. The van der Waals surface area contributed by atoms with Crippen molar-refractivity contribution in [3.63, 3.8) is 0 Å². The van der Waals surface area contributed by atoms with Crippen molar-refractivity contribution in [2.75, 3.05) is 27.2 Å². The summed E-state index contributed by atoms with van der Waals surface area (Å²) in [6.07, 6.45) is 2.08. The second-order valence-electron chi connectivity index (χ2n) is 8.47. The van der Waals surface area contributed by atoms with Gasteiger partial charge in [0.1, 0.15) is 12.4 Å². The van der Waals surface area contributed by atoms with Gasteiger partial charge in [0, 0.05) is 6.54 Å². The average Bonchev–Trinajstić information content (AvgIpc) is 3.46. The van der Waals surface area contributed by atoms with Crippen molar-refractivity contribution in [1.82, 2.24) is 9.80 Å². The summed E-state index contributed by atoms with van der Waals surface area (Å²) >= 11 is 0. The van der Waals surface area contributed by atoms with Crippen LogP contribution in [0, 0.1) is 0 Å². The quantitative estimate of drug-likeness (QED) is 0.452. The number of rotatable bonds is 10. The van der Waals surface area contributed by atoms with E-state index in [1.54, 1.807) is 11.0 Å². The fourth-order valence-electron chi connectivity index (χ4n) is 4.08. The molecule has 0 spiro atoms. The molecule has 0 radical (unpaired) electrons. The van der Waals surface area contributed by atoms with Gasteiger partial charge < -0.3 is 24.1 Å². The first-order valence-electron chi connectivity index (χ1n) is 11.2. The predicted octanol–water partition coefficient (Wildman–Crippen LogP) is 4.39. The van der Waals surface area contributed by atoms with Crippen molar-refractivity contribution >= 4 is 11.7 Å². The largest absolute Gasteiger partial charge is 0.503 e. The number of ether oxygens (including phenoxy) is 1. The summed E-state index contributed by atoms with van der Waals surface area (Å²) in [6.45, 7) is 1.54. The lowest BCUT2D eigenvalue weighted by Gasteiger charge is -2.27. The van der Waals surface area contributed by atoms with E-state index in [-0.39, 0.29) is 11.3 Å². The van der Waals surface area contributed by atoms with Gasteiger partial charge >= 0.3 is 0 Å². The van der Waals surface area contributed by atoms with E-state index < -0.39 is 23.5 Å². The molecule has 1 N–H and O–H groups in total. The minimum absolute atomic E-state index is 0.0185. The van der Waals surface area contributed by atoms with Gasteiger partial charge in [-0.3, -0.25) is 9.59 Å².